The quantitative estimate of drug-likeness (QED) is 0.700. The summed E-state index contributed by atoms with van der Waals surface area (Å²) in [7, 11) is 2.21. The maximum atomic E-state index is 12.6. The van der Waals surface area contributed by atoms with E-state index in [1.807, 2.05) is 0 Å². The fourth-order valence-corrected chi connectivity index (χ4v) is 4.53. The molecule has 3 rings (SSSR count). The Kier molecular flexibility index (Phi) is 4.82. The van der Waals surface area contributed by atoms with E-state index >= 15 is 0 Å². The van der Waals surface area contributed by atoms with E-state index in [0.29, 0.717) is 24.0 Å². The normalized spacial score (nSPS) is 35.6. The van der Waals surface area contributed by atoms with Crippen molar-refractivity contribution in [3.8, 4) is 0 Å². The van der Waals surface area contributed by atoms with E-state index in [4.69, 9.17) is 0 Å². The first-order valence-corrected chi connectivity index (χ1v) is 8.53. The molecule has 5 heteroatoms. The number of aliphatic hydroxyl groups excluding tert-OH is 1. The Morgan fingerprint density at radius 3 is 2.43 bits per heavy atom. The Morgan fingerprint density at radius 2 is 1.86 bits per heavy atom. The Morgan fingerprint density at radius 1 is 1.24 bits per heavy atom. The van der Waals surface area contributed by atoms with Crippen molar-refractivity contribution in [2.24, 2.45) is 11.8 Å². The number of fused-ring (bicyclic) bond motifs is 2. The molecule has 3 fully saturated rings. The van der Waals surface area contributed by atoms with E-state index in [2.05, 4.69) is 22.6 Å². The summed E-state index contributed by atoms with van der Waals surface area (Å²) >= 11 is 0. The van der Waals surface area contributed by atoms with Crippen LogP contribution in [0, 0.1) is 11.8 Å². The molecule has 1 amide bonds. The molecule has 0 aromatic heterocycles. The minimum absolute atomic E-state index is 0.0179. The zero-order chi connectivity index (χ0) is 14.8. The van der Waals surface area contributed by atoms with Crippen LogP contribution >= 0.6 is 0 Å². The first-order valence-electron chi connectivity index (χ1n) is 8.53. The first kappa shape index (κ1) is 15.3. The zero-order valence-corrected chi connectivity index (χ0v) is 13.1. The minimum Gasteiger partial charge on any atom is -0.396 e. The summed E-state index contributed by atoms with van der Waals surface area (Å²) in [6, 6.07) is 1.59. The van der Waals surface area contributed by atoms with Crippen molar-refractivity contribution >= 4 is 5.91 Å². The van der Waals surface area contributed by atoms with Crippen LogP contribution < -0.4 is 10.6 Å². The molecule has 3 heterocycles. The van der Waals surface area contributed by atoms with Gasteiger partial charge in [0.1, 0.15) is 0 Å². The van der Waals surface area contributed by atoms with Crippen molar-refractivity contribution in [2.75, 3.05) is 26.7 Å². The monoisotopic (exact) mass is 295 g/mol. The van der Waals surface area contributed by atoms with Crippen LogP contribution in [0.3, 0.4) is 0 Å². The van der Waals surface area contributed by atoms with Gasteiger partial charge >= 0.3 is 0 Å². The van der Waals surface area contributed by atoms with E-state index in [1.54, 1.807) is 0 Å². The average molecular weight is 295 g/mol. The zero-order valence-electron chi connectivity index (χ0n) is 13.1. The molecular weight excluding hydrogens is 266 g/mol. The third-order valence-electron chi connectivity index (χ3n) is 5.93. The van der Waals surface area contributed by atoms with Gasteiger partial charge in [-0.25, -0.2) is 0 Å². The number of nitrogens with zero attached hydrogens (tertiary/aromatic N) is 1. The molecule has 0 aromatic carbocycles. The predicted octanol–water partition coefficient (Wildman–Crippen LogP) is 0.336. The number of carbonyl (C=O) groups is 1. The Labute approximate surface area is 127 Å². The molecule has 2 bridgehead atoms. The highest BCUT2D eigenvalue weighted by molar-refractivity contribution is 5.79. The second-order valence-electron chi connectivity index (χ2n) is 7.10. The Hall–Kier alpha value is -0.650. The highest BCUT2D eigenvalue weighted by atomic mass is 16.3. The average Bonchev–Trinajstić information content (AvgIpc) is 2.72. The number of rotatable bonds is 4. The van der Waals surface area contributed by atoms with Crippen LogP contribution in [-0.4, -0.2) is 60.8 Å². The summed E-state index contributed by atoms with van der Waals surface area (Å²) in [5.41, 5.74) is 0. The lowest BCUT2D eigenvalue weighted by molar-refractivity contribution is -0.129. The van der Waals surface area contributed by atoms with E-state index in [9.17, 15) is 9.90 Å². The summed E-state index contributed by atoms with van der Waals surface area (Å²) in [6.45, 7) is 1.91. The number of hydrogen-bond donors (Lipinski definition) is 3. The molecule has 3 N–H and O–H groups in total. The van der Waals surface area contributed by atoms with Crippen molar-refractivity contribution < 1.29 is 9.90 Å². The molecule has 0 spiro atoms. The van der Waals surface area contributed by atoms with Gasteiger partial charge in [-0.05, 0) is 64.6 Å². The van der Waals surface area contributed by atoms with Crippen molar-refractivity contribution in [1.82, 2.24) is 15.5 Å². The van der Waals surface area contributed by atoms with Crippen molar-refractivity contribution in [3.05, 3.63) is 0 Å². The molecule has 3 aliphatic rings. The second kappa shape index (κ2) is 6.63. The van der Waals surface area contributed by atoms with Gasteiger partial charge < -0.3 is 20.6 Å². The number of nitrogens with one attached hydrogen (secondary N) is 2. The van der Waals surface area contributed by atoms with Crippen LogP contribution in [0.25, 0.3) is 0 Å². The van der Waals surface area contributed by atoms with E-state index in [0.717, 1.165) is 38.8 Å². The first-order chi connectivity index (χ1) is 10.2. The summed E-state index contributed by atoms with van der Waals surface area (Å²) in [5.74, 6) is 0.196. The molecule has 0 aromatic rings. The van der Waals surface area contributed by atoms with Gasteiger partial charge in [-0.1, -0.05) is 0 Å². The molecule has 0 aliphatic carbocycles. The lowest BCUT2D eigenvalue weighted by atomic mass is 9.84. The topological polar surface area (TPSA) is 64.6 Å². The summed E-state index contributed by atoms with van der Waals surface area (Å²) in [6.07, 6.45) is 6.68. The summed E-state index contributed by atoms with van der Waals surface area (Å²) in [4.78, 5) is 15.0. The molecule has 120 valence electrons. The number of carbonyl (C=O) groups excluding carboxylic acids is 1. The van der Waals surface area contributed by atoms with Gasteiger partial charge in [0.25, 0.3) is 0 Å². The molecule has 5 nitrogen and oxygen atoms in total. The third-order valence-corrected chi connectivity index (χ3v) is 5.93. The summed E-state index contributed by atoms with van der Waals surface area (Å²) in [5, 5.41) is 16.2. The highest BCUT2D eigenvalue weighted by Gasteiger charge is 2.39. The van der Waals surface area contributed by atoms with Crippen molar-refractivity contribution in [2.45, 2.75) is 56.7 Å². The minimum atomic E-state index is -0.218. The van der Waals surface area contributed by atoms with E-state index in [1.165, 1.54) is 12.8 Å². The molecule has 21 heavy (non-hydrogen) atoms. The molecule has 0 saturated carbocycles. The van der Waals surface area contributed by atoms with Crippen molar-refractivity contribution in [3.63, 3.8) is 0 Å². The van der Waals surface area contributed by atoms with Gasteiger partial charge in [0.15, 0.2) is 0 Å². The van der Waals surface area contributed by atoms with E-state index < -0.39 is 0 Å². The number of hydrogen-bond acceptors (Lipinski definition) is 4. The van der Waals surface area contributed by atoms with Gasteiger partial charge in [0, 0.05) is 18.1 Å². The van der Waals surface area contributed by atoms with Gasteiger partial charge in [-0.15, -0.1) is 0 Å². The SMILES string of the molecule is CN1C2CCC1CC(NC(=O)C(CO)C1CCNCC1)C2. The van der Waals surface area contributed by atoms with Gasteiger partial charge in [-0.3, -0.25) is 4.79 Å². The van der Waals surface area contributed by atoms with Crippen LogP contribution in [0.5, 0.6) is 0 Å². The molecular formula is C16H29N3O2. The van der Waals surface area contributed by atoms with Gasteiger partial charge in [0.2, 0.25) is 5.91 Å². The lowest BCUT2D eigenvalue weighted by Gasteiger charge is -2.37. The molecule has 0 radical (unpaired) electrons. The predicted molar refractivity (Wildman–Crippen MR) is 81.9 cm³/mol. The van der Waals surface area contributed by atoms with Crippen LogP contribution in [-0.2, 0) is 4.79 Å². The van der Waals surface area contributed by atoms with Crippen molar-refractivity contribution in [1.29, 1.82) is 0 Å². The van der Waals surface area contributed by atoms with Crippen LogP contribution in [0.4, 0.5) is 0 Å². The fourth-order valence-electron chi connectivity index (χ4n) is 4.53. The number of aliphatic hydroxyl groups is 1. The summed E-state index contributed by atoms with van der Waals surface area (Å²) < 4.78 is 0. The number of amides is 1. The van der Waals surface area contributed by atoms with Crippen LogP contribution in [0.1, 0.15) is 38.5 Å². The van der Waals surface area contributed by atoms with E-state index in [-0.39, 0.29) is 18.4 Å². The van der Waals surface area contributed by atoms with Gasteiger partial charge in [-0.2, -0.15) is 0 Å². The van der Waals surface area contributed by atoms with Gasteiger partial charge in [0.05, 0.1) is 12.5 Å². The molecule has 3 atom stereocenters. The van der Waals surface area contributed by atoms with Crippen LogP contribution in [0.2, 0.25) is 0 Å². The smallest absolute Gasteiger partial charge is 0.225 e. The largest absolute Gasteiger partial charge is 0.396 e. The Balaban J connectivity index is 1.55. The molecule has 3 saturated heterocycles. The standard InChI is InChI=1S/C16H29N3O2/c1-19-13-2-3-14(19)9-12(8-13)18-16(21)15(10-20)11-4-6-17-7-5-11/h11-15,17,20H,2-10H2,1H3,(H,18,21). The molecule has 3 aliphatic heterocycles. The number of piperidine rings is 2. The lowest BCUT2D eigenvalue weighted by Crippen LogP contribution is -2.51. The maximum absolute atomic E-state index is 12.6. The van der Waals surface area contributed by atoms with Crippen LogP contribution in [0.15, 0.2) is 0 Å². The second-order valence-corrected chi connectivity index (χ2v) is 7.10. The molecule has 3 unspecified atom stereocenters. The highest BCUT2D eigenvalue weighted by Crippen LogP contribution is 2.34. The third kappa shape index (κ3) is 3.25. The fraction of sp³-hybridized carbons (Fsp3) is 0.938. The maximum Gasteiger partial charge on any atom is 0.225 e. The Bertz CT molecular complexity index is 357.